The molecule has 7 aliphatic carbocycles. The van der Waals surface area contributed by atoms with E-state index in [1.807, 2.05) is 11.8 Å². The zero-order valence-electron chi connectivity index (χ0n) is 37.3. The van der Waals surface area contributed by atoms with Crippen molar-refractivity contribution >= 4 is 23.6 Å². The first-order chi connectivity index (χ1) is 28.1. The lowest BCUT2D eigenvalue weighted by molar-refractivity contribution is -0.170. The second-order valence-electron chi connectivity index (χ2n) is 21.3. The first-order valence-electron chi connectivity index (χ1n) is 23.2. The highest BCUT2D eigenvalue weighted by Gasteiger charge is 2.66. The number of carboxylic acids is 1. The molecule has 7 nitrogen and oxygen atoms in total. The Morgan fingerprint density at radius 3 is 2.31 bits per heavy atom. The van der Waals surface area contributed by atoms with E-state index >= 15 is 0 Å². The number of allylic oxidation sites excluding steroid dienone is 6. The van der Waals surface area contributed by atoms with Gasteiger partial charge in [0.1, 0.15) is 23.7 Å². The van der Waals surface area contributed by atoms with Crippen LogP contribution >= 0.6 is 11.8 Å². The lowest BCUT2D eigenvalue weighted by Crippen LogP contribution is -2.64. The summed E-state index contributed by atoms with van der Waals surface area (Å²) in [4.78, 5) is 17.0. The lowest BCUT2D eigenvalue weighted by Gasteiger charge is -2.68. The summed E-state index contributed by atoms with van der Waals surface area (Å²) < 4.78 is 5.97. The number of carbonyl (C=O) groups is 1. The number of hydrogen-bond donors (Lipinski definition) is 3. The van der Waals surface area contributed by atoms with Crippen LogP contribution in [0.15, 0.2) is 65.4 Å². The van der Waals surface area contributed by atoms with Crippen LogP contribution in [0.4, 0.5) is 0 Å². The van der Waals surface area contributed by atoms with Crippen LogP contribution in [0, 0.1) is 68.5 Å². The van der Waals surface area contributed by atoms with Gasteiger partial charge in [0.05, 0.1) is 5.60 Å². The van der Waals surface area contributed by atoms with Crippen molar-refractivity contribution in [1.29, 1.82) is 5.26 Å². The van der Waals surface area contributed by atoms with E-state index in [4.69, 9.17) is 4.74 Å². The highest BCUT2D eigenvalue weighted by molar-refractivity contribution is 7.99. The number of nitrogens with zero attached hydrogens (tertiary/aromatic N) is 2. The largest absolute Gasteiger partial charge is 0.481 e. The number of nitriles is 1. The minimum absolute atomic E-state index is 0.0115. The molecule has 3 N–H and O–H groups in total. The summed E-state index contributed by atoms with van der Waals surface area (Å²) >= 11 is 1.97. The summed E-state index contributed by atoms with van der Waals surface area (Å²) in [6, 6.07) is 2.09. The minimum atomic E-state index is -1.08. The van der Waals surface area contributed by atoms with E-state index in [2.05, 4.69) is 81.7 Å². The van der Waals surface area contributed by atoms with Crippen molar-refractivity contribution in [3.63, 3.8) is 0 Å². The number of aliphatic carboxylic acids is 1. The molecular formula is C51H75N3O4S. The Balaban J connectivity index is 1.06. The molecule has 8 heteroatoms. The molecule has 0 radical (unpaired) electrons. The first kappa shape index (κ1) is 44.5. The van der Waals surface area contributed by atoms with Crippen molar-refractivity contribution in [2.75, 3.05) is 19.4 Å². The standard InChI is InChI=1S/C51H75N3O4S/c1-9-34-18-27-51(54-31-30-50(57)25-19-37(59-8)20-26-50)29-28-47(6)39-14-15-42-46(4,5)38(21-22-48(42,7)40(39)12-13-41(47)43(34)51)36-16-23-49(24-17-36,45(55)56)33-58-44(53-11-3)35(10-2)32-52/h9-11,16,21,34,37,39-43,54,57H,1,3,12-15,17-20,22-31,33H2,2,4-8H3,(H,55,56)/b35-10-,53-44?/t34-,37?,39?,40?,41?,42?,43-,47+,48?,49-,50?,51?/m1/s1. The quantitative estimate of drug-likeness (QED) is 0.0777. The third kappa shape index (κ3) is 7.68. The van der Waals surface area contributed by atoms with Gasteiger partial charge in [-0.15, -0.1) is 6.58 Å². The summed E-state index contributed by atoms with van der Waals surface area (Å²) in [6.07, 6.45) is 30.1. The third-order valence-electron chi connectivity index (χ3n) is 18.6. The Hall–Kier alpha value is -2.60. The highest BCUT2D eigenvalue weighted by atomic mass is 32.2. The molecule has 324 valence electrons. The Morgan fingerprint density at radius 1 is 0.966 bits per heavy atom. The predicted octanol–water partition coefficient (Wildman–Crippen LogP) is 11.4. The minimum Gasteiger partial charge on any atom is -0.481 e. The molecule has 0 aromatic rings. The van der Waals surface area contributed by atoms with E-state index in [1.165, 1.54) is 68.7 Å². The molecule has 0 spiro atoms. The number of rotatable bonds is 12. The van der Waals surface area contributed by atoms with Gasteiger partial charge in [0.15, 0.2) is 0 Å². The number of aliphatic hydroxyl groups is 1. The van der Waals surface area contributed by atoms with Crippen molar-refractivity contribution in [2.24, 2.45) is 62.2 Å². The van der Waals surface area contributed by atoms with Gasteiger partial charge in [-0.25, -0.2) is 4.99 Å². The molecule has 7 rings (SSSR count). The van der Waals surface area contributed by atoms with Crippen molar-refractivity contribution in [3.05, 3.63) is 60.4 Å². The molecule has 10 atom stereocenters. The first-order valence-corrected chi connectivity index (χ1v) is 24.5. The van der Waals surface area contributed by atoms with Crippen molar-refractivity contribution in [3.8, 4) is 6.07 Å². The van der Waals surface area contributed by atoms with Gasteiger partial charge in [0, 0.05) is 17.0 Å². The molecule has 0 aromatic carbocycles. The fourth-order valence-electron chi connectivity index (χ4n) is 15.2. The number of fused-ring (bicyclic) bond motifs is 7. The summed E-state index contributed by atoms with van der Waals surface area (Å²) in [7, 11) is 0. The summed E-state index contributed by atoms with van der Waals surface area (Å²) in [6.45, 7) is 21.0. The summed E-state index contributed by atoms with van der Waals surface area (Å²) in [5, 5.41) is 36.6. The number of thioether (sulfide) groups is 1. The number of ether oxygens (including phenoxy) is 1. The molecule has 0 aromatic heterocycles. The molecule has 7 aliphatic rings. The van der Waals surface area contributed by atoms with Crippen LogP contribution in [0.2, 0.25) is 0 Å². The van der Waals surface area contributed by atoms with Crippen LogP contribution in [-0.2, 0) is 9.53 Å². The van der Waals surface area contributed by atoms with E-state index in [-0.39, 0.29) is 34.4 Å². The zero-order chi connectivity index (χ0) is 42.4. The van der Waals surface area contributed by atoms with Gasteiger partial charge in [0.25, 0.3) is 0 Å². The van der Waals surface area contributed by atoms with Gasteiger partial charge in [-0.2, -0.15) is 17.0 Å². The van der Waals surface area contributed by atoms with E-state index in [1.54, 1.807) is 13.0 Å². The van der Waals surface area contributed by atoms with Gasteiger partial charge in [0.2, 0.25) is 5.90 Å². The number of nitrogens with one attached hydrogen (secondary N) is 1. The lowest BCUT2D eigenvalue weighted by atomic mass is 9.37. The van der Waals surface area contributed by atoms with Crippen LogP contribution in [0.1, 0.15) is 144 Å². The average molecular weight is 826 g/mol. The van der Waals surface area contributed by atoms with E-state index in [0.29, 0.717) is 59.5 Å². The maximum atomic E-state index is 12.8. The zero-order valence-corrected chi connectivity index (χ0v) is 38.1. The van der Waals surface area contributed by atoms with Crippen molar-refractivity contribution < 1.29 is 19.7 Å². The number of aliphatic imine (C=N–C) groups is 1. The summed E-state index contributed by atoms with van der Waals surface area (Å²) in [5.41, 5.74) is 2.14. The molecule has 0 amide bonds. The van der Waals surface area contributed by atoms with Crippen LogP contribution in [0.3, 0.4) is 0 Å². The number of hydrogen-bond acceptors (Lipinski definition) is 7. The Bertz CT molecular complexity index is 1800. The van der Waals surface area contributed by atoms with Gasteiger partial charge < -0.3 is 20.3 Å². The Kier molecular flexibility index (Phi) is 12.8. The Labute approximate surface area is 360 Å². The highest BCUT2D eigenvalue weighted by Crippen LogP contribution is 2.72. The average Bonchev–Trinajstić information content (AvgIpc) is 3.59. The third-order valence-corrected chi connectivity index (χ3v) is 19.7. The molecule has 0 bridgehead atoms. The van der Waals surface area contributed by atoms with Gasteiger partial charge in [-0.05, 0) is 192 Å². The van der Waals surface area contributed by atoms with Crippen LogP contribution in [-0.4, -0.2) is 57.9 Å². The maximum Gasteiger partial charge on any atom is 0.313 e. The fraction of sp³-hybridized carbons (Fsp3) is 0.745. The monoisotopic (exact) mass is 826 g/mol. The predicted molar refractivity (Wildman–Crippen MR) is 242 cm³/mol. The molecule has 0 aliphatic heterocycles. The molecule has 6 unspecified atom stereocenters. The van der Waals surface area contributed by atoms with Crippen LogP contribution in [0.25, 0.3) is 0 Å². The molecule has 5 saturated carbocycles. The number of carboxylic acid groups (broad SMARTS) is 1. The fourth-order valence-corrected chi connectivity index (χ4v) is 15.9. The van der Waals surface area contributed by atoms with E-state index < -0.39 is 17.0 Å². The van der Waals surface area contributed by atoms with Gasteiger partial charge in [-0.1, -0.05) is 58.6 Å². The Morgan fingerprint density at radius 2 is 1.68 bits per heavy atom. The second kappa shape index (κ2) is 16.9. The molecular weight excluding hydrogens is 751 g/mol. The van der Waals surface area contributed by atoms with Gasteiger partial charge in [-0.3, -0.25) is 4.79 Å². The second-order valence-corrected chi connectivity index (χ2v) is 22.4. The van der Waals surface area contributed by atoms with Crippen molar-refractivity contribution in [1.82, 2.24) is 5.32 Å². The topological polar surface area (TPSA) is 115 Å². The van der Waals surface area contributed by atoms with Crippen molar-refractivity contribution in [2.45, 2.75) is 160 Å². The maximum absolute atomic E-state index is 12.8. The molecule has 0 saturated heterocycles. The molecule has 59 heavy (non-hydrogen) atoms. The summed E-state index contributed by atoms with van der Waals surface area (Å²) in [5.74, 6) is 3.15. The van der Waals surface area contributed by atoms with Gasteiger partial charge >= 0.3 is 5.97 Å². The van der Waals surface area contributed by atoms with Crippen LogP contribution < -0.4 is 5.32 Å². The molecule has 5 fully saturated rings. The SMILES string of the molecule is C=CN=C(OC[C@@]1(C(=O)O)CC=C(C2=CCC3(C)C4CCC5[C@H]6[C@H](C=C)CCC6(NCCC6(O)CCC(SC)CC6)CC[C@@]5(C)C4CCC3C2(C)C)CC1)/C(C#N)=C\C. The van der Waals surface area contributed by atoms with E-state index in [9.17, 15) is 20.3 Å². The molecule has 0 heterocycles. The normalized spacial score (nSPS) is 43.1. The smallest absolute Gasteiger partial charge is 0.313 e. The van der Waals surface area contributed by atoms with E-state index in [0.717, 1.165) is 51.0 Å². The van der Waals surface area contributed by atoms with Crippen LogP contribution in [0.5, 0.6) is 0 Å².